The zero-order valence-electron chi connectivity index (χ0n) is 12.2. The van der Waals surface area contributed by atoms with E-state index in [-0.39, 0.29) is 5.78 Å². The fourth-order valence-corrected chi connectivity index (χ4v) is 2.19. The Morgan fingerprint density at radius 3 is 2.50 bits per heavy atom. The number of hydrogen-bond donors (Lipinski definition) is 0. The molecule has 0 radical (unpaired) electrons. The molecule has 0 aliphatic carbocycles. The summed E-state index contributed by atoms with van der Waals surface area (Å²) in [7, 11) is 1.60. The summed E-state index contributed by atoms with van der Waals surface area (Å²) in [5.41, 5.74) is 1.51. The third-order valence-electron chi connectivity index (χ3n) is 3.37. The predicted molar refractivity (Wildman–Crippen MR) is 83.8 cm³/mol. The van der Waals surface area contributed by atoms with Gasteiger partial charge in [-0.3, -0.25) is 4.79 Å². The summed E-state index contributed by atoms with van der Waals surface area (Å²) in [6.07, 6.45) is 3.32. The summed E-state index contributed by atoms with van der Waals surface area (Å²) < 4.78 is 16.1. The van der Waals surface area contributed by atoms with Crippen LogP contribution < -0.4 is 14.2 Å². The molecular weight excluding hydrogens is 280 g/mol. The first-order valence-electron chi connectivity index (χ1n) is 7.02. The number of carbonyl (C=O) groups excluding carboxylic acids is 1. The maximum absolute atomic E-state index is 12.1. The van der Waals surface area contributed by atoms with Gasteiger partial charge in [0, 0.05) is 5.56 Å². The molecule has 0 amide bonds. The third-order valence-corrected chi connectivity index (χ3v) is 3.37. The minimum atomic E-state index is -0.0578. The summed E-state index contributed by atoms with van der Waals surface area (Å²) in [6.45, 7) is 1.11. The maximum atomic E-state index is 12.1. The topological polar surface area (TPSA) is 44.8 Å². The van der Waals surface area contributed by atoms with Gasteiger partial charge in [-0.25, -0.2) is 0 Å². The molecule has 22 heavy (non-hydrogen) atoms. The van der Waals surface area contributed by atoms with Gasteiger partial charge in [0.05, 0.1) is 7.11 Å². The molecule has 0 spiro atoms. The van der Waals surface area contributed by atoms with Crippen molar-refractivity contribution in [2.75, 3.05) is 20.3 Å². The van der Waals surface area contributed by atoms with Crippen molar-refractivity contribution in [2.24, 2.45) is 0 Å². The van der Waals surface area contributed by atoms with E-state index in [1.807, 2.05) is 18.2 Å². The molecule has 2 aromatic rings. The molecule has 0 unspecified atom stereocenters. The van der Waals surface area contributed by atoms with Gasteiger partial charge in [0.2, 0.25) is 0 Å². The standard InChI is InChI=1S/C18H16O4/c1-20-15-6-4-14(5-7-15)16(19)8-2-13-3-9-17-18(12-13)22-11-10-21-17/h2-9,12H,10-11H2,1H3. The molecule has 0 N–H and O–H groups in total. The molecule has 3 rings (SSSR count). The van der Waals surface area contributed by atoms with Gasteiger partial charge < -0.3 is 14.2 Å². The van der Waals surface area contributed by atoms with Crippen LogP contribution in [0.3, 0.4) is 0 Å². The maximum Gasteiger partial charge on any atom is 0.185 e. The van der Waals surface area contributed by atoms with Gasteiger partial charge >= 0.3 is 0 Å². The van der Waals surface area contributed by atoms with E-state index in [2.05, 4.69) is 0 Å². The quantitative estimate of drug-likeness (QED) is 0.641. The van der Waals surface area contributed by atoms with Crippen molar-refractivity contribution in [3.8, 4) is 17.2 Å². The number of hydrogen-bond acceptors (Lipinski definition) is 4. The van der Waals surface area contributed by atoms with Gasteiger partial charge in [0.1, 0.15) is 19.0 Å². The Kier molecular flexibility index (Phi) is 4.10. The molecule has 1 aliphatic heterocycles. The second-order valence-corrected chi connectivity index (χ2v) is 4.83. The van der Waals surface area contributed by atoms with E-state index in [1.165, 1.54) is 0 Å². The number of rotatable bonds is 4. The van der Waals surface area contributed by atoms with Crippen molar-refractivity contribution in [3.63, 3.8) is 0 Å². The first kappa shape index (κ1) is 14.2. The van der Waals surface area contributed by atoms with Crippen LogP contribution in [-0.4, -0.2) is 26.1 Å². The lowest BCUT2D eigenvalue weighted by molar-refractivity contribution is 0.104. The monoisotopic (exact) mass is 296 g/mol. The smallest absolute Gasteiger partial charge is 0.185 e. The Bertz CT molecular complexity index is 702. The molecule has 0 atom stereocenters. The van der Waals surface area contributed by atoms with Gasteiger partial charge in [-0.05, 0) is 48.0 Å². The number of ketones is 1. The third kappa shape index (κ3) is 3.11. The zero-order valence-corrected chi connectivity index (χ0v) is 12.2. The molecule has 4 nitrogen and oxygen atoms in total. The molecule has 0 saturated carbocycles. The fourth-order valence-electron chi connectivity index (χ4n) is 2.19. The summed E-state index contributed by atoms with van der Waals surface area (Å²) in [5.74, 6) is 2.13. The summed E-state index contributed by atoms with van der Waals surface area (Å²) >= 11 is 0. The minimum absolute atomic E-state index is 0.0578. The van der Waals surface area contributed by atoms with Crippen LogP contribution in [0.15, 0.2) is 48.5 Å². The highest BCUT2D eigenvalue weighted by Crippen LogP contribution is 2.31. The molecule has 4 heteroatoms. The van der Waals surface area contributed by atoms with Crippen molar-refractivity contribution in [1.29, 1.82) is 0 Å². The predicted octanol–water partition coefficient (Wildman–Crippen LogP) is 3.36. The van der Waals surface area contributed by atoms with Crippen LogP contribution in [0.2, 0.25) is 0 Å². The second-order valence-electron chi connectivity index (χ2n) is 4.83. The number of allylic oxidation sites excluding steroid dienone is 1. The Morgan fingerprint density at radius 1 is 1.05 bits per heavy atom. The first-order valence-corrected chi connectivity index (χ1v) is 7.02. The molecule has 0 saturated heterocycles. The summed E-state index contributed by atoms with van der Waals surface area (Å²) in [5, 5.41) is 0. The Hall–Kier alpha value is -2.75. The number of methoxy groups -OCH3 is 1. The molecule has 1 aliphatic rings. The first-order chi connectivity index (χ1) is 10.8. The minimum Gasteiger partial charge on any atom is -0.497 e. The summed E-state index contributed by atoms with van der Waals surface area (Å²) in [6, 6.07) is 12.6. The number of ether oxygens (including phenoxy) is 3. The molecule has 112 valence electrons. The van der Waals surface area contributed by atoms with Crippen LogP contribution in [0.25, 0.3) is 6.08 Å². The van der Waals surface area contributed by atoms with Crippen molar-refractivity contribution >= 4 is 11.9 Å². The summed E-state index contributed by atoms with van der Waals surface area (Å²) in [4.78, 5) is 12.1. The lowest BCUT2D eigenvalue weighted by atomic mass is 10.1. The van der Waals surface area contributed by atoms with Crippen LogP contribution in [0.1, 0.15) is 15.9 Å². The van der Waals surface area contributed by atoms with Crippen LogP contribution in [0, 0.1) is 0 Å². The van der Waals surface area contributed by atoms with Crippen LogP contribution in [0.4, 0.5) is 0 Å². The van der Waals surface area contributed by atoms with E-state index < -0.39 is 0 Å². The highest BCUT2D eigenvalue weighted by molar-refractivity contribution is 6.06. The van der Waals surface area contributed by atoms with Crippen LogP contribution in [-0.2, 0) is 0 Å². The second kappa shape index (κ2) is 6.35. The molecular formula is C18H16O4. The average Bonchev–Trinajstić information content (AvgIpc) is 2.59. The Balaban J connectivity index is 1.74. The molecule has 0 bridgehead atoms. The van der Waals surface area contributed by atoms with Gasteiger partial charge in [0.25, 0.3) is 0 Å². The van der Waals surface area contributed by atoms with E-state index in [1.54, 1.807) is 43.5 Å². The molecule has 1 heterocycles. The molecule has 2 aromatic carbocycles. The van der Waals surface area contributed by atoms with E-state index in [4.69, 9.17) is 14.2 Å². The Labute approximate surface area is 128 Å². The van der Waals surface area contributed by atoms with Crippen molar-refractivity contribution in [2.45, 2.75) is 0 Å². The van der Waals surface area contributed by atoms with E-state index in [0.29, 0.717) is 24.5 Å². The lowest BCUT2D eigenvalue weighted by Crippen LogP contribution is -2.15. The van der Waals surface area contributed by atoms with E-state index >= 15 is 0 Å². The number of benzene rings is 2. The van der Waals surface area contributed by atoms with Crippen LogP contribution >= 0.6 is 0 Å². The fraction of sp³-hybridized carbons (Fsp3) is 0.167. The zero-order chi connectivity index (χ0) is 15.4. The molecule has 0 fully saturated rings. The SMILES string of the molecule is COc1ccc(C(=O)C=Cc2ccc3c(c2)OCCO3)cc1. The van der Waals surface area contributed by atoms with E-state index in [9.17, 15) is 4.79 Å². The molecule has 0 aromatic heterocycles. The van der Waals surface area contributed by atoms with Crippen molar-refractivity contribution < 1.29 is 19.0 Å². The van der Waals surface area contributed by atoms with Gasteiger partial charge in [-0.2, -0.15) is 0 Å². The van der Waals surface area contributed by atoms with Gasteiger partial charge in [0.15, 0.2) is 17.3 Å². The highest BCUT2D eigenvalue weighted by Gasteiger charge is 2.11. The van der Waals surface area contributed by atoms with Crippen molar-refractivity contribution in [1.82, 2.24) is 0 Å². The lowest BCUT2D eigenvalue weighted by Gasteiger charge is -2.18. The number of carbonyl (C=O) groups is 1. The highest BCUT2D eigenvalue weighted by atomic mass is 16.6. The van der Waals surface area contributed by atoms with E-state index in [0.717, 1.165) is 17.1 Å². The van der Waals surface area contributed by atoms with Crippen molar-refractivity contribution in [3.05, 3.63) is 59.7 Å². The normalized spacial score (nSPS) is 13.1. The Morgan fingerprint density at radius 2 is 1.77 bits per heavy atom. The van der Waals surface area contributed by atoms with Gasteiger partial charge in [-0.1, -0.05) is 12.1 Å². The van der Waals surface area contributed by atoms with Gasteiger partial charge in [-0.15, -0.1) is 0 Å². The largest absolute Gasteiger partial charge is 0.497 e. The number of fused-ring (bicyclic) bond motifs is 1. The van der Waals surface area contributed by atoms with Crippen LogP contribution in [0.5, 0.6) is 17.2 Å². The average molecular weight is 296 g/mol.